The Bertz CT molecular complexity index is 396. The second-order valence-corrected chi connectivity index (χ2v) is 8.22. The Balaban J connectivity index is 2.17. The first-order valence-electron chi connectivity index (χ1n) is 7.73. The molecule has 0 aromatic heterocycles. The molecule has 1 aliphatic rings. The zero-order chi connectivity index (χ0) is 14.3. The summed E-state index contributed by atoms with van der Waals surface area (Å²) < 4.78 is 6.03. The van der Waals surface area contributed by atoms with Crippen LogP contribution in [0.25, 0.3) is 0 Å². The van der Waals surface area contributed by atoms with Crippen LogP contribution in [0.1, 0.15) is 51.5 Å². The molecular formula is C17H25OS2. The van der Waals surface area contributed by atoms with Gasteiger partial charge in [-0.2, -0.15) is 0 Å². The van der Waals surface area contributed by atoms with Crippen LogP contribution in [0.3, 0.4) is 0 Å². The van der Waals surface area contributed by atoms with Crippen molar-refractivity contribution in [3.63, 3.8) is 0 Å². The van der Waals surface area contributed by atoms with Gasteiger partial charge >= 0.3 is 0 Å². The maximum atomic E-state index is 5.84. The largest absolute Gasteiger partial charge is 0.493 e. The summed E-state index contributed by atoms with van der Waals surface area (Å²) in [5.41, 5.74) is 1.36. The lowest BCUT2D eigenvalue weighted by Crippen LogP contribution is -2.27. The van der Waals surface area contributed by atoms with E-state index in [0.717, 1.165) is 18.8 Å². The van der Waals surface area contributed by atoms with Gasteiger partial charge in [-0.15, -0.1) is 23.5 Å². The van der Waals surface area contributed by atoms with Crippen molar-refractivity contribution in [3.8, 4) is 5.75 Å². The normalized spacial score (nSPS) is 16.5. The highest BCUT2D eigenvalue weighted by atomic mass is 32.2. The summed E-state index contributed by atoms with van der Waals surface area (Å²) >= 11 is 4.25. The molecule has 0 fully saturated rings. The molecule has 0 aliphatic carbocycles. The summed E-state index contributed by atoms with van der Waals surface area (Å²) in [5.74, 6) is 3.55. The third kappa shape index (κ3) is 3.88. The highest BCUT2D eigenvalue weighted by molar-refractivity contribution is 8.17. The van der Waals surface area contributed by atoms with Crippen molar-refractivity contribution in [2.75, 3.05) is 18.1 Å². The van der Waals surface area contributed by atoms with Crippen molar-refractivity contribution >= 4 is 23.5 Å². The van der Waals surface area contributed by atoms with Gasteiger partial charge in [0.15, 0.2) is 0 Å². The van der Waals surface area contributed by atoms with Gasteiger partial charge in [0.05, 0.1) is 10.7 Å². The van der Waals surface area contributed by atoms with Gasteiger partial charge in [-0.25, -0.2) is 0 Å². The first-order valence-corrected chi connectivity index (χ1v) is 9.71. The Morgan fingerprint density at radius 3 is 2.55 bits per heavy atom. The average Bonchev–Trinajstić information content (AvgIpc) is 2.48. The van der Waals surface area contributed by atoms with Crippen molar-refractivity contribution in [1.29, 1.82) is 0 Å². The maximum Gasteiger partial charge on any atom is 0.124 e. The van der Waals surface area contributed by atoms with E-state index in [1.165, 1.54) is 42.8 Å². The fourth-order valence-electron chi connectivity index (χ4n) is 2.37. The molecule has 0 atom stereocenters. The van der Waals surface area contributed by atoms with E-state index >= 15 is 0 Å². The Labute approximate surface area is 132 Å². The number of thioether (sulfide) groups is 2. The first kappa shape index (κ1) is 16.1. The van der Waals surface area contributed by atoms with Crippen molar-refractivity contribution in [3.05, 3.63) is 29.8 Å². The van der Waals surface area contributed by atoms with Crippen molar-refractivity contribution in [1.82, 2.24) is 0 Å². The third-order valence-corrected chi connectivity index (χ3v) is 7.06. The summed E-state index contributed by atoms with van der Waals surface area (Å²) in [7, 11) is 0. The minimum Gasteiger partial charge on any atom is -0.493 e. The summed E-state index contributed by atoms with van der Waals surface area (Å²) in [6, 6.07) is 9.43. The zero-order valence-electron chi connectivity index (χ0n) is 12.6. The number of benzene rings is 1. The summed E-state index contributed by atoms with van der Waals surface area (Å²) in [4.78, 5) is 0. The fraction of sp³-hybridized carbons (Fsp3) is 0.647. The second-order valence-electron chi connectivity index (χ2n) is 5.18. The van der Waals surface area contributed by atoms with Crippen LogP contribution in [0, 0.1) is 6.07 Å². The van der Waals surface area contributed by atoms with Gasteiger partial charge in [-0.05, 0) is 42.5 Å². The Kier molecular flexibility index (Phi) is 6.63. The molecule has 2 rings (SSSR count). The zero-order valence-corrected chi connectivity index (χ0v) is 14.2. The molecule has 1 radical (unpaired) electrons. The standard InChI is InChI=1S/C17H25OS2/c1-3-5-13-19-17(20-14-6-4-2)11-12-18-16-10-8-7-9-15(16)17/h8-10H,3-6,11-14H2,1-2H3. The summed E-state index contributed by atoms with van der Waals surface area (Å²) in [6.07, 6.45) is 6.25. The van der Waals surface area contributed by atoms with Crippen molar-refractivity contribution in [2.45, 2.75) is 50.0 Å². The van der Waals surface area contributed by atoms with Crippen molar-refractivity contribution in [2.24, 2.45) is 0 Å². The monoisotopic (exact) mass is 309 g/mol. The SMILES string of the molecule is CCCCSC1(SCCCC)CCOc2cc[c]cc21. The molecular weight excluding hydrogens is 284 g/mol. The molecule has 111 valence electrons. The number of rotatable bonds is 8. The number of hydrogen-bond donors (Lipinski definition) is 0. The van der Waals surface area contributed by atoms with Gasteiger partial charge in [-0.1, -0.05) is 32.8 Å². The van der Waals surface area contributed by atoms with Crippen LogP contribution >= 0.6 is 23.5 Å². The molecule has 20 heavy (non-hydrogen) atoms. The summed E-state index contributed by atoms with van der Waals surface area (Å²) in [5, 5.41) is 0. The van der Waals surface area contributed by atoms with Crippen LogP contribution in [0.5, 0.6) is 5.75 Å². The minimum absolute atomic E-state index is 0.190. The molecule has 0 bridgehead atoms. The Morgan fingerprint density at radius 2 is 1.90 bits per heavy atom. The smallest absolute Gasteiger partial charge is 0.124 e. The Morgan fingerprint density at radius 1 is 1.20 bits per heavy atom. The van der Waals surface area contributed by atoms with Crippen LogP contribution in [-0.4, -0.2) is 18.1 Å². The highest BCUT2D eigenvalue weighted by Crippen LogP contribution is 2.54. The van der Waals surface area contributed by atoms with Gasteiger partial charge in [0.1, 0.15) is 5.75 Å². The van der Waals surface area contributed by atoms with E-state index in [-0.39, 0.29) is 4.08 Å². The molecule has 1 heterocycles. The van der Waals surface area contributed by atoms with E-state index in [4.69, 9.17) is 4.74 Å². The molecule has 1 aromatic carbocycles. The molecule has 0 N–H and O–H groups in total. The molecule has 0 spiro atoms. The number of fused-ring (bicyclic) bond motifs is 1. The van der Waals surface area contributed by atoms with Crippen molar-refractivity contribution < 1.29 is 4.74 Å². The molecule has 3 heteroatoms. The quantitative estimate of drug-likeness (QED) is 0.464. The molecule has 0 saturated carbocycles. The van der Waals surface area contributed by atoms with Crippen LogP contribution in [-0.2, 0) is 4.08 Å². The van der Waals surface area contributed by atoms with E-state index < -0.39 is 0 Å². The topological polar surface area (TPSA) is 9.23 Å². The highest BCUT2D eigenvalue weighted by Gasteiger charge is 2.38. The van der Waals surface area contributed by atoms with Gasteiger partial charge in [0, 0.05) is 12.0 Å². The summed E-state index contributed by atoms with van der Waals surface area (Å²) in [6.45, 7) is 5.38. The van der Waals surface area contributed by atoms with Crippen LogP contribution in [0.2, 0.25) is 0 Å². The van der Waals surface area contributed by atoms with Gasteiger partial charge in [0.2, 0.25) is 0 Å². The lowest BCUT2D eigenvalue weighted by molar-refractivity contribution is 0.280. The van der Waals surface area contributed by atoms with E-state index in [0.29, 0.717) is 0 Å². The first-order chi connectivity index (χ1) is 9.82. The number of unbranched alkanes of at least 4 members (excludes halogenated alkanes) is 2. The lowest BCUT2D eigenvalue weighted by Gasteiger charge is -2.38. The van der Waals surface area contributed by atoms with E-state index in [9.17, 15) is 0 Å². The van der Waals surface area contributed by atoms with Crippen LogP contribution in [0.4, 0.5) is 0 Å². The minimum atomic E-state index is 0.190. The van der Waals surface area contributed by atoms with E-state index in [2.05, 4.69) is 55.6 Å². The Hall–Kier alpha value is -0.280. The fourth-order valence-corrected chi connectivity index (χ4v) is 5.82. The number of ether oxygens (including phenoxy) is 1. The lowest BCUT2D eigenvalue weighted by atomic mass is 10.1. The third-order valence-electron chi connectivity index (χ3n) is 3.59. The second kappa shape index (κ2) is 8.23. The van der Waals surface area contributed by atoms with Crippen LogP contribution in [0.15, 0.2) is 18.2 Å². The molecule has 1 aliphatic heterocycles. The van der Waals surface area contributed by atoms with Gasteiger partial charge in [0.25, 0.3) is 0 Å². The molecule has 0 saturated heterocycles. The van der Waals surface area contributed by atoms with Crippen LogP contribution < -0.4 is 4.74 Å². The van der Waals surface area contributed by atoms with Gasteiger partial charge in [-0.3, -0.25) is 0 Å². The maximum absolute atomic E-state index is 5.84. The number of hydrogen-bond acceptors (Lipinski definition) is 3. The molecule has 0 amide bonds. The van der Waals surface area contributed by atoms with E-state index in [1.54, 1.807) is 0 Å². The molecule has 0 unspecified atom stereocenters. The average molecular weight is 310 g/mol. The predicted molar refractivity (Wildman–Crippen MR) is 91.8 cm³/mol. The van der Waals surface area contributed by atoms with E-state index in [1.807, 2.05) is 6.07 Å². The predicted octanol–water partition coefficient (Wildman–Crippen LogP) is 5.49. The molecule has 1 aromatic rings. The molecule has 1 nitrogen and oxygen atoms in total. The van der Waals surface area contributed by atoms with Gasteiger partial charge < -0.3 is 4.74 Å².